The minimum Gasteiger partial charge on any atom is -0.465 e. The number of para-hydroxylation sites is 1. The van der Waals surface area contributed by atoms with E-state index in [1.807, 2.05) is 31.2 Å². The lowest BCUT2D eigenvalue weighted by molar-refractivity contribution is 0.0602. The predicted molar refractivity (Wildman–Crippen MR) is 107 cm³/mol. The molecule has 0 bridgehead atoms. The topological polar surface area (TPSA) is 77.4 Å². The van der Waals surface area contributed by atoms with Gasteiger partial charge in [-0.25, -0.2) is 4.79 Å². The number of nitrogens with zero attached hydrogens (tertiary/aromatic N) is 1. The van der Waals surface area contributed by atoms with Crippen molar-refractivity contribution in [3.63, 3.8) is 0 Å². The Kier molecular flexibility index (Phi) is 5.69. The van der Waals surface area contributed by atoms with Gasteiger partial charge >= 0.3 is 5.97 Å². The number of amides is 1. The molecule has 3 aromatic rings. The molecule has 0 saturated carbocycles. The van der Waals surface area contributed by atoms with E-state index < -0.39 is 11.9 Å². The molecule has 0 unspecified atom stereocenters. The van der Waals surface area contributed by atoms with Crippen LogP contribution >= 0.6 is 0 Å². The zero-order valence-electron chi connectivity index (χ0n) is 15.6. The van der Waals surface area contributed by atoms with Crippen molar-refractivity contribution in [3.05, 3.63) is 99.5 Å². The monoisotopic (exact) mass is 376 g/mol. The van der Waals surface area contributed by atoms with E-state index >= 15 is 0 Å². The van der Waals surface area contributed by atoms with Gasteiger partial charge in [0.25, 0.3) is 11.5 Å². The number of nitrogens with one attached hydrogen (secondary N) is 1. The van der Waals surface area contributed by atoms with Crippen molar-refractivity contribution < 1.29 is 14.3 Å². The molecule has 3 rings (SSSR count). The molecule has 1 aromatic heterocycles. The number of carbonyl (C=O) groups is 2. The molecule has 6 nitrogen and oxygen atoms in total. The molecule has 1 heterocycles. The van der Waals surface area contributed by atoms with Gasteiger partial charge < -0.3 is 14.6 Å². The maximum absolute atomic E-state index is 12.7. The number of pyridine rings is 1. The van der Waals surface area contributed by atoms with E-state index in [4.69, 9.17) is 4.74 Å². The SMILES string of the molecule is COC(=O)c1ccccc1NC(=O)c1ccc(=O)n(Cc2ccccc2C)c1. The highest BCUT2D eigenvalue weighted by molar-refractivity contribution is 6.07. The maximum atomic E-state index is 12.7. The molecule has 1 N–H and O–H groups in total. The van der Waals surface area contributed by atoms with Crippen LogP contribution in [0.3, 0.4) is 0 Å². The van der Waals surface area contributed by atoms with Gasteiger partial charge in [-0.1, -0.05) is 36.4 Å². The quantitative estimate of drug-likeness (QED) is 0.694. The first-order valence-electron chi connectivity index (χ1n) is 8.73. The average molecular weight is 376 g/mol. The number of carbonyl (C=O) groups excluding carboxylic acids is 2. The third kappa shape index (κ3) is 4.17. The van der Waals surface area contributed by atoms with Crippen molar-refractivity contribution in [1.82, 2.24) is 4.57 Å². The summed E-state index contributed by atoms with van der Waals surface area (Å²) in [5.74, 6) is -0.963. The standard InChI is InChI=1S/C22H20N2O4/c1-15-7-3-4-8-16(15)13-24-14-17(11-12-20(24)25)21(26)23-19-10-6-5-9-18(19)22(27)28-2/h3-12,14H,13H2,1-2H3,(H,23,26). The highest BCUT2D eigenvalue weighted by atomic mass is 16.5. The Morgan fingerprint density at radius 2 is 1.71 bits per heavy atom. The maximum Gasteiger partial charge on any atom is 0.339 e. The molecule has 28 heavy (non-hydrogen) atoms. The van der Waals surface area contributed by atoms with E-state index in [-0.39, 0.29) is 11.1 Å². The summed E-state index contributed by atoms with van der Waals surface area (Å²) in [6.45, 7) is 2.34. The third-order valence-corrected chi connectivity index (χ3v) is 4.43. The van der Waals surface area contributed by atoms with E-state index in [9.17, 15) is 14.4 Å². The van der Waals surface area contributed by atoms with Crippen LogP contribution in [0.25, 0.3) is 0 Å². The van der Waals surface area contributed by atoms with Crippen molar-refractivity contribution in [2.24, 2.45) is 0 Å². The fourth-order valence-corrected chi connectivity index (χ4v) is 2.83. The van der Waals surface area contributed by atoms with Crippen LogP contribution in [-0.2, 0) is 11.3 Å². The van der Waals surface area contributed by atoms with Crippen LogP contribution in [-0.4, -0.2) is 23.6 Å². The highest BCUT2D eigenvalue weighted by Crippen LogP contribution is 2.17. The molecule has 142 valence electrons. The molecule has 0 aliphatic rings. The van der Waals surface area contributed by atoms with Crippen LogP contribution in [0.15, 0.2) is 71.7 Å². The molecular formula is C22H20N2O4. The van der Waals surface area contributed by atoms with Gasteiger partial charge in [-0.2, -0.15) is 0 Å². The number of esters is 1. The minimum atomic E-state index is -0.541. The summed E-state index contributed by atoms with van der Waals surface area (Å²) in [7, 11) is 1.28. The van der Waals surface area contributed by atoms with Crippen molar-refractivity contribution in [3.8, 4) is 0 Å². The summed E-state index contributed by atoms with van der Waals surface area (Å²) in [5, 5.41) is 2.71. The zero-order valence-corrected chi connectivity index (χ0v) is 15.6. The zero-order chi connectivity index (χ0) is 20.1. The van der Waals surface area contributed by atoms with E-state index in [1.165, 1.54) is 30.0 Å². The molecule has 0 radical (unpaired) electrons. The number of anilines is 1. The number of methoxy groups -OCH3 is 1. The smallest absolute Gasteiger partial charge is 0.339 e. The van der Waals surface area contributed by atoms with Gasteiger partial charge in [-0.3, -0.25) is 9.59 Å². The first-order chi connectivity index (χ1) is 13.5. The minimum absolute atomic E-state index is 0.199. The number of rotatable bonds is 5. The van der Waals surface area contributed by atoms with Gasteiger partial charge in [0.1, 0.15) is 0 Å². The second-order valence-electron chi connectivity index (χ2n) is 6.30. The van der Waals surface area contributed by atoms with Gasteiger partial charge in [0.15, 0.2) is 0 Å². The van der Waals surface area contributed by atoms with Crippen LogP contribution < -0.4 is 10.9 Å². The van der Waals surface area contributed by atoms with Crippen molar-refractivity contribution in [2.75, 3.05) is 12.4 Å². The summed E-state index contributed by atoms with van der Waals surface area (Å²) in [6.07, 6.45) is 1.52. The second-order valence-corrected chi connectivity index (χ2v) is 6.30. The van der Waals surface area contributed by atoms with Gasteiger partial charge in [-0.15, -0.1) is 0 Å². The number of aryl methyl sites for hydroxylation is 1. The Hall–Kier alpha value is -3.67. The summed E-state index contributed by atoms with van der Waals surface area (Å²) >= 11 is 0. The van der Waals surface area contributed by atoms with E-state index in [2.05, 4.69) is 5.32 Å². The summed E-state index contributed by atoms with van der Waals surface area (Å²) in [6, 6.07) is 17.2. The first kappa shape index (κ1) is 19.1. The summed E-state index contributed by atoms with van der Waals surface area (Å²) < 4.78 is 6.23. The third-order valence-electron chi connectivity index (χ3n) is 4.43. The van der Waals surface area contributed by atoms with Gasteiger partial charge in [0.05, 0.1) is 30.5 Å². The molecule has 6 heteroatoms. The Balaban J connectivity index is 1.87. The molecule has 0 fully saturated rings. The lowest BCUT2D eigenvalue weighted by Crippen LogP contribution is -2.23. The fraction of sp³-hybridized carbons (Fsp3) is 0.136. The Morgan fingerprint density at radius 1 is 1.00 bits per heavy atom. The van der Waals surface area contributed by atoms with Crippen molar-refractivity contribution >= 4 is 17.6 Å². The lowest BCUT2D eigenvalue weighted by atomic mass is 10.1. The molecule has 0 aliphatic carbocycles. The molecule has 2 aromatic carbocycles. The van der Waals surface area contributed by atoms with Crippen LogP contribution in [0.2, 0.25) is 0 Å². The number of hydrogen-bond donors (Lipinski definition) is 1. The molecular weight excluding hydrogens is 356 g/mol. The number of ether oxygens (including phenoxy) is 1. The molecule has 0 saturated heterocycles. The van der Waals surface area contributed by atoms with Crippen LogP contribution in [0.1, 0.15) is 31.8 Å². The van der Waals surface area contributed by atoms with Crippen molar-refractivity contribution in [1.29, 1.82) is 0 Å². The Bertz CT molecular complexity index is 1090. The van der Waals surface area contributed by atoms with Gasteiger partial charge in [0, 0.05) is 12.3 Å². The number of hydrogen-bond acceptors (Lipinski definition) is 4. The average Bonchev–Trinajstić information content (AvgIpc) is 2.71. The van der Waals surface area contributed by atoms with E-state index in [0.717, 1.165) is 11.1 Å². The molecule has 0 aliphatic heterocycles. The fourth-order valence-electron chi connectivity index (χ4n) is 2.83. The predicted octanol–water partition coefficient (Wildman–Crippen LogP) is 3.24. The normalized spacial score (nSPS) is 10.4. The van der Waals surface area contributed by atoms with Gasteiger partial charge in [-0.05, 0) is 36.2 Å². The second kappa shape index (κ2) is 8.35. The molecule has 0 atom stereocenters. The Labute approximate surface area is 162 Å². The summed E-state index contributed by atoms with van der Waals surface area (Å²) in [4.78, 5) is 36.8. The first-order valence-corrected chi connectivity index (χ1v) is 8.73. The van der Waals surface area contributed by atoms with Crippen LogP contribution in [0.4, 0.5) is 5.69 Å². The van der Waals surface area contributed by atoms with E-state index in [0.29, 0.717) is 17.8 Å². The largest absolute Gasteiger partial charge is 0.465 e. The van der Waals surface area contributed by atoms with Crippen LogP contribution in [0.5, 0.6) is 0 Å². The van der Waals surface area contributed by atoms with Crippen molar-refractivity contribution in [2.45, 2.75) is 13.5 Å². The molecule has 0 spiro atoms. The number of aromatic nitrogens is 1. The number of benzene rings is 2. The highest BCUT2D eigenvalue weighted by Gasteiger charge is 2.15. The summed E-state index contributed by atoms with van der Waals surface area (Å²) in [5.41, 5.74) is 2.78. The lowest BCUT2D eigenvalue weighted by Gasteiger charge is -2.12. The molecule has 1 amide bonds. The Morgan fingerprint density at radius 3 is 2.46 bits per heavy atom. The van der Waals surface area contributed by atoms with Gasteiger partial charge in [0.2, 0.25) is 0 Å². The van der Waals surface area contributed by atoms with E-state index in [1.54, 1.807) is 24.3 Å². The van der Waals surface area contributed by atoms with Crippen LogP contribution in [0, 0.1) is 6.92 Å².